The molecule has 1 spiro atoms. The summed E-state index contributed by atoms with van der Waals surface area (Å²) in [6, 6.07) is 8.44. The van der Waals surface area contributed by atoms with Gasteiger partial charge in [0.15, 0.2) is 0 Å². The maximum atomic E-state index is 14.4. The number of nitrogens with zero attached hydrogens (tertiary/aromatic N) is 2. The molecule has 2 aromatic carbocycles. The number of carbonyl (C=O) groups is 4. The quantitative estimate of drug-likeness (QED) is 0.576. The van der Waals surface area contributed by atoms with Gasteiger partial charge in [-0.15, -0.1) is 11.8 Å². The number of methoxy groups -OCH3 is 2. The van der Waals surface area contributed by atoms with Gasteiger partial charge in [-0.25, -0.2) is 9.59 Å². The van der Waals surface area contributed by atoms with E-state index in [0.717, 1.165) is 28.8 Å². The lowest BCUT2D eigenvalue weighted by atomic mass is 9.80. The number of esters is 2. The van der Waals surface area contributed by atoms with E-state index in [9.17, 15) is 19.2 Å². The molecule has 0 unspecified atom stereocenters. The zero-order chi connectivity index (χ0) is 26.2. The van der Waals surface area contributed by atoms with Gasteiger partial charge in [0, 0.05) is 16.8 Å². The van der Waals surface area contributed by atoms with Gasteiger partial charge < -0.3 is 14.4 Å². The normalized spacial score (nSPS) is 23.8. The fourth-order valence-corrected chi connectivity index (χ4v) is 7.27. The predicted molar refractivity (Wildman–Crippen MR) is 137 cm³/mol. The first-order valence-electron chi connectivity index (χ1n) is 11.7. The third-order valence-corrected chi connectivity index (χ3v) is 8.68. The minimum atomic E-state index is -1.35. The number of rotatable bonds is 3. The number of anilines is 2. The van der Waals surface area contributed by atoms with Crippen LogP contribution in [0.25, 0.3) is 0 Å². The van der Waals surface area contributed by atoms with Gasteiger partial charge >= 0.3 is 11.9 Å². The maximum absolute atomic E-state index is 14.4. The summed E-state index contributed by atoms with van der Waals surface area (Å²) >= 11 is 1.27. The lowest BCUT2D eigenvalue weighted by Gasteiger charge is -2.44. The molecule has 2 aromatic rings. The van der Waals surface area contributed by atoms with Crippen molar-refractivity contribution in [1.29, 1.82) is 0 Å². The molecule has 0 aliphatic carbocycles. The largest absolute Gasteiger partial charge is 0.465 e. The van der Waals surface area contributed by atoms with Crippen LogP contribution in [0.4, 0.5) is 11.4 Å². The third kappa shape index (κ3) is 3.21. The molecule has 2 atom stereocenters. The number of hydrogen-bond donors (Lipinski definition) is 0. The molecule has 9 heteroatoms. The van der Waals surface area contributed by atoms with Gasteiger partial charge in [-0.3, -0.25) is 14.5 Å². The maximum Gasteiger partial charge on any atom is 0.337 e. The number of hydrogen-bond acceptors (Lipinski definition) is 7. The van der Waals surface area contributed by atoms with Gasteiger partial charge in [0.2, 0.25) is 10.8 Å². The van der Waals surface area contributed by atoms with Crippen LogP contribution in [-0.4, -0.2) is 49.3 Å². The minimum absolute atomic E-state index is 0.0777. The Hall–Kier alpha value is -3.33. The van der Waals surface area contributed by atoms with E-state index in [2.05, 4.69) is 13.0 Å². The van der Waals surface area contributed by atoms with E-state index in [0.29, 0.717) is 0 Å². The second-order valence-corrected chi connectivity index (χ2v) is 11.4. The SMILES string of the molecule is COC(=O)c1cc(C(=O)OC)cc(N2C(=O)CS[C@@]23C(=O)N2c4c(cc(C)cc43)[C@@H](C)CC2(C)C)c1. The molecular formula is C27H28N2O6S. The van der Waals surface area contributed by atoms with Crippen LogP contribution in [0.2, 0.25) is 0 Å². The topological polar surface area (TPSA) is 93.2 Å². The van der Waals surface area contributed by atoms with E-state index in [4.69, 9.17) is 9.47 Å². The first kappa shape index (κ1) is 24.4. The Morgan fingerprint density at radius 2 is 1.58 bits per heavy atom. The number of fused-ring (bicyclic) bond motifs is 1. The Morgan fingerprint density at radius 1 is 0.972 bits per heavy atom. The molecule has 0 radical (unpaired) electrons. The highest BCUT2D eigenvalue weighted by molar-refractivity contribution is 8.02. The summed E-state index contributed by atoms with van der Waals surface area (Å²) in [4.78, 5) is 54.8. The Morgan fingerprint density at radius 3 is 2.17 bits per heavy atom. The second-order valence-electron chi connectivity index (χ2n) is 10.2. The minimum Gasteiger partial charge on any atom is -0.465 e. The van der Waals surface area contributed by atoms with Gasteiger partial charge in [-0.2, -0.15) is 0 Å². The first-order valence-corrected chi connectivity index (χ1v) is 12.7. The summed E-state index contributed by atoms with van der Waals surface area (Å²) in [5.74, 6) is -1.50. The van der Waals surface area contributed by atoms with Gasteiger partial charge in [-0.1, -0.05) is 24.6 Å². The average molecular weight is 509 g/mol. The predicted octanol–water partition coefficient (Wildman–Crippen LogP) is 4.13. The number of aryl methyl sites for hydroxylation is 1. The van der Waals surface area contributed by atoms with Crippen molar-refractivity contribution in [3.63, 3.8) is 0 Å². The molecule has 2 amide bonds. The number of carbonyl (C=O) groups excluding carboxylic acids is 4. The lowest BCUT2D eigenvalue weighted by molar-refractivity contribution is -0.124. The zero-order valence-corrected chi connectivity index (χ0v) is 21.9. The molecule has 3 aliphatic heterocycles. The van der Waals surface area contributed by atoms with Crippen LogP contribution in [0.3, 0.4) is 0 Å². The molecule has 1 saturated heterocycles. The van der Waals surface area contributed by atoms with Crippen LogP contribution in [0, 0.1) is 6.92 Å². The zero-order valence-electron chi connectivity index (χ0n) is 21.1. The van der Waals surface area contributed by atoms with Crippen LogP contribution >= 0.6 is 11.8 Å². The molecule has 5 rings (SSSR count). The summed E-state index contributed by atoms with van der Waals surface area (Å²) in [5, 5.41) is 0. The first-order chi connectivity index (χ1) is 17.0. The van der Waals surface area contributed by atoms with Crippen LogP contribution in [0.15, 0.2) is 30.3 Å². The van der Waals surface area contributed by atoms with Crippen molar-refractivity contribution in [2.45, 2.75) is 50.4 Å². The Balaban J connectivity index is 1.79. The highest BCUT2D eigenvalue weighted by atomic mass is 32.2. The van der Waals surface area contributed by atoms with Crippen LogP contribution in [0.5, 0.6) is 0 Å². The molecule has 3 aliphatic rings. The van der Waals surface area contributed by atoms with Crippen LogP contribution in [0.1, 0.15) is 70.5 Å². The van der Waals surface area contributed by atoms with Crippen molar-refractivity contribution in [3.8, 4) is 0 Å². The van der Waals surface area contributed by atoms with Gasteiger partial charge in [-0.05, 0) is 56.9 Å². The highest BCUT2D eigenvalue weighted by Crippen LogP contribution is 2.61. The molecule has 8 nitrogen and oxygen atoms in total. The van der Waals surface area contributed by atoms with Crippen molar-refractivity contribution in [1.82, 2.24) is 0 Å². The molecule has 3 heterocycles. The monoisotopic (exact) mass is 508 g/mol. The molecule has 0 aromatic heterocycles. The molecule has 36 heavy (non-hydrogen) atoms. The van der Waals surface area contributed by atoms with Crippen molar-refractivity contribution in [2.75, 3.05) is 29.8 Å². The molecule has 0 saturated carbocycles. The van der Waals surface area contributed by atoms with E-state index < -0.39 is 22.3 Å². The Kier molecular flexibility index (Phi) is 5.48. The van der Waals surface area contributed by atoms with Gasteiger partial charge in [0.25, 0.3) is 5.91 Å². The smallest absolute Gasteiger partial charge is 0.337 e. The van der Waals surface area contributed by atoms with E-state index >= 15 is 0 Å². The highest BCUT2D eigenvalue weighted by Gasteiger charge is 2.64. The summed E-state index contributed by atoms with van der Waals surface area (Å²) in [6.45, 7) is 8.25. The molecule has 0 bridgehead atoms. The number of ether oxygens (including phenoxy) is 2. The number of benzene rings is 2. The molecular weight excluding hydrogens is 480 g/mol. The van der Waals surface area contributed by atoms with Crippen molar-refractivity contribution in [3.05, 3.63) is 58.1 Å². The van der Waals surface area contributed by atoms with Gasteiger partial charge in [0.05, 0.1) is 36.8 Å². The molecule has 1 fully saturated rings. The third-order valence-electron chi connectivity index (χ3n) is 7.29. The number of amides is 2. The lowest BCUT2D eigenvalue weighted by Crippen LogP contribution is -2.56. The van der Waals surface area contributed by atoms with E-state index in [1.165, 1.54) is 49.1 Å². The van der Waals surface area contributed by atoms with E-state index in [-0.39, 0.29) is 40.3 Å². The summed E-state index contributed by atoms with van der Waals surface area (Å²) in [7, 11) is 2.48. The fraction of sp³-hybridized carbons (Fsp3) is 0.407. The molecule has 188 valence electrons. The van der Waals surface area contributed by atoms with Crippen LogP contribution in [-0.2, 0) is 23.9 Å². The van der Waals surface area contributed by atoms with Crippen LogP contribution < -0.4 is 9.80 Å². The average Bonchev–Trinajstić information content (AvgIpc) is 3.31. The number of thioether (sulfide) groups is 1. The van der Waals surface area contributed by atoms with Gasteiger partial charge in [0.1, 0.15) is 0 Å². The summed E-state index contributed by atoms with van der Waals surface area (Å²) in [5.41, 5.74) is 3.69. The second kappa shape index (κ2) is 8.09. The summed E-state index contributed by atoms with van der Waals surface area (Å²) < 4.78 is 9.76. The molecule has 0 N–H and O–H groups in total. The Bertz CT molecular complexity index is 1320. The Labute approximate surface area is 213 Å². The van der Waals surface area contributed by atoms with E-state index in [1.807, 2.05) is 31.7 Å². The fourth-order valence-electron chi connectivity index (χ4n) is 5.95. The van der Waals surface area contributed by atoms with Crippen molar-refractivity contribution in [2.24, 2.45) is 0 Å². The summed E-state index contributed by atoms with van der Waals surface area (Å²) in [6.07, 6.45) is 0.785. The van der Waals surface area contributed by atoms with E-state index in [1.54, 1.807) is 0 Å². The van der Waals surface area contributed by atoms with Crippen molar-refractivity contribution < 1.29 is 28.7 Å². The van der Waals surface area contributed by atoms with Crippen molar-refractivity contribution >= 4 is 46.9 Å². The standard InChI is InChI=1S/C27H28N2O6S/c1-14-7-19-15(2)12-26(3,4)29-22(19)20(8-14)27(25(29)33)28(21(30)13-36-27)18-10-16(23(31)34-5)9-17(11-18)24(32)35-6/h7-11,15H,12-13H2,1-6H3/t15-,27-/m0/s1.